The predicted octanol–water partition coefficient (Wildman–Crippen LogP) is 3.82. The molecule has 0 aliphatic carbocycles. The van der Waals surface area contributed by atoms with Crippen molar-refractivity contribution in [2.45, 2.75) is 0 Å². The number of carbonyl (C=O) groups is 1. The minimum Gasteiger partial charge on any atom is -0.484 e. The zero-order chi connectivity index (χ0) is 18.2. The average Bonchev–Trinajstić information content (AvgIpc) is 3.20. The van der Waals surface area contributed by atoms with Crippen LogP contribution in [0.2, 0.25) is 0 Å². The summed E-state index contributed by atoms with van der Waals surface area (Å²) >= 11 is 1.56. The van der Waals surface area contributed by atoms with Crippen molar-refractivity contribution in [3.8, 4) is 22.9 Å². The number of hydrogen-bond acceptors (Lipinski definition) is 5. The number of thiophene rings is 1. The van der Waals surface area contributed by atoms with Crippen molar-refractivity contribution in [3.05, 3.63) is 76.5 Å². The summed E-state index contributed by atoms with van der Waals surface area (Å²) in [6.07, 6.45) is 1.58. The molecule has 0 spiro atoms. The van der Waals surface area contributed by atoms with Crippen LogP contribution in [0.1, 0.15) is 11.1 Å². The van der Waals surface area contributed by atoms with Gasteiger partial charge >= 0.3 is 0 Å². The predicted molar refractivity (Wildman–Crippen MR) is 102 cm³/mol. The standard InChI is InChI=1S/C20H15N3O2S/c21-11-15-1-3-17(4-2-15)18-5-7-19(8-6-18)25-13-20(24)23-22-12-16-9-10-26-14-16/h1-10,12,14H,13H2,(H,23,24)/b22-12+. The maximum absolute atomic E-state index is 11.7. The molecule has 0 radical (unpaired) electrons. The van der Waals surface area contributed by atoms with Crippen LogP contribution in [0.4, 0.5) is 0 Å². The number of rotatable bonds is 6. The quantitative estimate of drug-likeness (QED) is 0.536. The molecule has 26 heavy (non-hydrogen) atoms. The highest BCUT2D eigenvalue weighted by molar-refractivity contribution is 7.08. The fourth-order valence-electron chi connectivity index (χ4n) is 2.19. The molecule has 3 aromatic rings. The number of nitrogens with zero attached hydrogens (tertiary/aromatic N) is 2. The maximum atomic E-state index is 11.7. The van der Waals surface area contributed by atoms with Gasteiger partial charge in [-0.05, 0) is 52.2 Å². The molecule has 2 aromatic carbocycles. The molecule has 1 heterocycles. The number of benzene rings is 2. The molecule has 5 nitrogen and oxygen atoms in total. The summed E-state index contributed by atoms with van der Waals surface area (Å²) in [7, 11) is 0. The van der Waals surface area contributed by atoms with Gasteiger partial charge in [0.15, 0.2) is 6.61 Å². The van der Waals surface area contributed by atoms with Crippen LogP contribution in [-0.4, -0.2) is 18.7 Å². The molecule has 1 N–H and O–H groups in total. The van der Waals surface area contributed by atoms with E-state index in [1.807, 2.05) is 41.1 Å². The minimum atomic E-state index is -0.326. The van der Waals surface area contributed by atoms with E-state index in [0.29, 0.717) is 11.3 Å². The van der Waals surface area contributed by atoms with Gasteiger partial charge in [-0.2, -0.15) is 21.7 Å². The van der Waals surface area contributed by atoms with Gasteiger partial charge < -0.3 is 4.74 Å². The van der Waals surface area contributed by atoms with Crippen molar-refractivity contribution in [1.29, 1.82) is 5.26 Å². The lowest BCUT2D eigenvalue weighted by Crippen LogP contribution is -2.24. The Bertz CT molecular complexity index is 925. The van der Waals surface area contributed by atoms with E-state index in [1.54, 1.807) is 41.8 Å². The van der Waals surface area contributed by atoms with Crippen LogP contribution >= 0.6 is 11.3 Å². The Morgan fingerprint density at radius 3 is 2.42 bits per heavy atom. The Labute approximate surface area is 155 Å². The summed E-state index contributed by atoms with van der Waals surface area (Å²) < 4.78 is 5.46. The summed E-state index contributed by atoms with van der Waals surface area (Å²) in [4.78, 5) is 11.7. The summed E-state index contributed by atoms with van der Waals surface area (Å²) in [6.45, 7) is -0.114. The summed E-state index contributed by atoms with van der Waals surface area (Å²) in [5.41, 5.74) is 6.01. The third-order valence-electron chi connectivity index (χ3n) is 3.52. The zero-order valence-corrected chi connectivity index (χ0v) is 14.6. The van der Waals surface area contributed by atoms with Crippen LogP contribution in [0.5, 0.6) is 5.75 Å². The van der Waals surface area contributed by atoms with Crippen LogP contribution in [-0.2, 0) is 4.79 Å². The monoisotopic (exact) mass is 361 g/mol. The Morgan fingerprint density at radius 1 is 1.12 bits per heavy atom. The van der Waals surface area contributed by atoms with Gasteiger partial charge in [0.05, 0.1) is 17.8 Å². The van der Waals surface area contributed by atoms with E-state index < -0.39 is 0 Å². The van der Waals surface area contributed by atoms with E-state index in [9.17, 15) is 4.79 Å². The number of ether oxygens (including phenoxy) is 1. The van der Waals surface area contributed by atoms with E-state index in [0.717, 1.165) is 16.7 Å². The molecule has 0 aliphatic heterocycles. The first-order valence-electron chi connectivity index (χ1n) is 7.82. The lowest BCUT2D eigenvalue weighted by Gasteiger charge is -2.07. The molecule has 1 amide bonds. The minimum absolute atomic E-state index is 0.114. The van der Waals surface area contributed by atoms with Crippen molar-refractivity contribution < 1.29 is 9.53 Å². The summed E-state index contributed by atoms with van der Waals surface area (Å²) in [5.74, 6) is 0.270. The molecular weight excluding hydrogens is 346 g/mol. The Kier molecular flexibility index (Phi) is 5.76. The SMILES string of the molecule is N#Cc1ccc(-c2ccc(OCC(=O)N/N=C/c3ccsc3)cc2)cc1. The molecule has 0 fully saturated rings. The molecule has 0 atom stereocenters. The number of hydrazone groups is 1. The van der Waals surface area contributed by atoms with Gasteiger partial charge in [-0.15, -0.1) is 0 Å². The second-order valence-corrected chi connectivity index (χ2v) is 6.13. The second kappa shape index (κ2) is 8.60. The molecule has 6 heteroatoms. The molecule has 0 aliphatic rings. The number of nitrogens with one attached hydrogen (secondary N) is 1. The molecule has 1 aromatic heterocycles. The zero-order valence-electron chi connectivity index (χ0n) is 13.8. The average molecular weight is 361 g/mol. The molecule has 0 bridgehead atoms. The van der Waals surface area contributed by atoms with Crippen LogP contribution < -0.4 is 10.2 Å². The van der Waals surface area contributed by atoms with Gasteiger partial charge in [0.25, 0.3) is 5.91 Å². The summed E-state index contributed by atoms with van der Waals surface area (Å²) in [6, 6.07) is 18.8. The fourth-order valence-corrected chi connectivity index (χ4v) is 2.80. The third-order valence-corrected chi connectivity index (χ3v) is 4.22. The summed E-state index contributed by atoms with van der Waals surface area (Å²) in [5, 5.41) is 16.6. The number of carbonyl (C=O) groups excluding carboxylic acids is 1. The Hall–Kier alpha value is -3.43. The van der Waals surface area contributed by atoms with Gasteiger partial charge in [-0.3, -0.25) is 4.79 Å². The topological polar surface area (TPSA) is 74.5 Å². The highest BCUT2D eigenvalue weighted by Gasteiger charge is 2.03. The van der Waals surface area contributed by atoms with Crippen molar-refractivity contribution in [2.75, 3.05) is 6.61 Å². The molecule has 3 rings (SSSR count). The van der Waals surface area contributed by atoms with Crippen molar-refractivity contribution in [2.24, 2.45) is 5.10 Å². The Balaban J connectivity index is 1.50. The van der Waals surface area contributed by atoms with Crippen LogP contribution in [0.15, 0.2) is 70.5 Å². The lowest BCUT2D eigenvalue weighted by molar-refractivity contribution is -0.123. The van der Waals surface area contributed by atoms with Gasteiger partial charge in [0, 0.05) is 5.56 Å². The maximum Gasteiger partial charge on any atom is 0.277 e. The molecule has 0 unspecified atom stereocenters. The van der Waals surface area contributed by atoms with Gasteiger partial charge in [-0.25, -0.2) is 5.43 Å². The molecule has 128 valence electrons. The van der Waals surface area contributed by atoms with Gasteiger partial charge in [-0.1, -0.05) is 24.3 Å². The first-order chi connectivity index (χ1) is 12.7. The van der Waals surface area contributed by atoms with E-state index in [1.165, 1.54) is 0 Å². The van der Waals surface area contributed by atoms with Crippen LogP contribution in [0.25, 0.3) is 11.1 Å². The Morgan fingerprint density at radius 2 is 1.81 bits per heavy atom. The van der Waals surface area contributed by atoms with Gasteiger partial charge in [0.1, 0.15) is 5.75 Å². The molecule has 0 saturated heterocycles. The van der Waals surface area contributed by atoms with Crippen molar-refractivity contribution in [1.82, 2.24) is 5.43 Å². The molecular formula is C20H15N3O2S. The second-order valence-electron chi connectivity index (χ2n) is 5.35. The van der Waals surface area contributed by atoms with E-state index >= 15 is 0 Å². The third kappa shape index (κ3) is 4.79. The van der Waals surface area contributed by atoms with E-state index in [2.05, 4.69) is 16.6 Å². The number of nitriles is 1. The first kappa shape index (κ1) is 17.4. The highest BCUT2D eigenvalue weighted by Crippen LogP contribution is 2.22. The van der Waals surface area contributed by atoms with E-state index in [-0.39, 0.29) is 12.5 Å². The lowest BCUT2D eigenvalue weighted by atomic mass is 10.0. The van der Waals surface area contributed by atoms with Crippen molar-refractivity contribution in [3.63, 3.8) is 0 Å². The number of amides is 1. The number of hydrogen-bond donors (Lipinski definition) is 1. The van der Waals surface area contributed by atoms with Gasteiger partial charge in [0.2, 0.25) is 0 Å². The molecule has 0 saturated carbocycles. The normalized spacial score (nSPS) is 10.4. The van der Waals surface area contributed by atoms with Crippen molar-refractivity contribution >= 4 is 23.5 Å². The highest BCUT2D eigenvalue weighted by atomic mass is 32.1. The first-order valence-corrected chi connectivity index (χ1v) is 8.76. The van der Waals surface area contributed by atoms with Crippen LogP contribution in [0, 0.1) is 11.3 Å². The fraction of sp³-hybridized carbons (Fsp3) is 0.0500. The van der Waals surface area contributed by atoms with E-state index in [4.69, 9.17) is 10.00 Å². The largest absolute Gasteiger partial charge is 0.484 e. The van der Waals surface area contributed by atoms with Crippen LogP contribution in [0.3, 0.4) is 0 Å². The smallest absolute Gasteiger partial charge is 0.277 e.